The number of nitrogens with two attached hydrogens (primary N) is 1. The second-order valence-electron chi connectivity index (χ2n) is 11.1. The van der Waals surface area contributed by atoms with E-state index in [1.165, 1.54) is 4.68 Å². The van der Waals surface area contributed by atoms with Gasteiger partial charge in [-0.25, -0.2) is 18.2 Å². The van der Waals surface area contributed by atoms with Crippen LogP contribution in [-0.2, 0) is 49.7 Å². The zero-order valence-corrected chi connectivity index (χ0v) is 30.8. The molecule has 0 saturated carbocycles. The van der Waals surface area contributed by atoms with Gasteiger partial charge in [-0.3, -0.25) is 19.7 Å². The summed E-state index contributed by atoms with van der Waals surface area (Å²) in [6, 6.07) is 14.5. The Kier molecular flexibility index (Phi) is 17.2. The third-order valence-corrected chi connectivity index (χ3v) is 9.21. The van der Waals surface area contributed by atoms with Crippen LogP contribution in [0.2, 0.25) is 0 Å². The molecule has 4 aromatic rings. The lowest BCUT2D eigenvalue weighted by atomic mass is 10.0. The molecule has 1 atom stereocenters. The van der Waals surface area contributed by atoms with Crippen LogP contribution in [0, 0.1) is 12.3 Å². The number of carbonyl (C=O) groups excluding carboxylic acids is 3. The minimum absolute atomic E-state index is 0.0511. The van der Waals surface area contributed by atoms with Gasteiger partial charge in [-0.15, -0.1) is 21.7 Å². The van der Waals surface area contributed by atoms with E-state index in [2.05, 4.69) is 37.1 Å². The number of nitrogens with one attached hydrogen (secondary N) is 2. The molecule has 4 N–H and O–H groups in total. The highest BCUT2D eigenvalue weighted by Crippen LogP contribution is 2.19. The van der Waals surface area contributed by atoms with Gasteiger partial charge in [0.25, 0.3) is 10.0 Å². The van der Waals surface area contributed by atoms with Crippen molar-refractivity contribution < 1.29 is 46.5 Å². The van der Waals surface area contributed by atoms with E-state index in [0.29, 0.717) is 73.5 Å². The fraction of sp³-hybridized carbons (Fsp3) is 0.382. The first-order valence-corrected chi connectivity index (χ1v) is 18.9. The molecule has 0 unspecified atom stereocenters. The number of amides is 2. The molecule has 0 radical (unpaired) electrons. The minimum Gasteiger partial charge on any atom is -0.379 e. The van der Waals surface area contributed by atoms with E-state index in [1.807, 2.05) is 6.07 Å². The summed E-state index contributed by atoms with van der Waals surface area (Å²) >= 11 is 0.557. The molecule has 0 aliphatic rings. The Labute approximate surface area is 315 Å². The Hall–Kier alpha value is -4.98. The van der Waals surface area contributed by atoms with Crippen molar-refractivity contribution in [3.8, 4) is 18.0 Å². The van der Waals surface area contributed by atoms with Crippen LogP contribution in [0.15, 0.2) is 65.1 Å². The molecule has 2 aromatic heterocycles. The average Bonchev–Trinajstić information content (AvgIpc) is 3.85. The number of nitrogens with zero attached hydrogens (tertiary/aromatic N) is 5. The van der Waals surface area contributed by atoms with Crippen LogP contribution in [-0.4, -0.2) is 123 Å². The molecule has 0 aliphatic carbocycles. The molecular weight excluding hydrogens is 745 g/mol. The van der Waals surface area contributed by atoms with Crippen LogP contribution >= 0.6 is 11.3 Å². The Balaban J connectivity index is 1.24. The second kappa shape index (κ2) is 22.3. The molecule has 2 amide bonds. The summed E-state index contributed by atoms with van der Waals surface area (Å²) < 4.78 is 51.0. The third-order valence-electron chi connectivity index (χ3n) is 7.06. The summed E-state index contributed by atoms with van der Waals surface area (Å²) in [6.07, 6.45) is 6.50. The van der Waals surface area contributed by atoms with Gasteiger partial charge in [0.1, 0.15) is 12.6 Å². The van der Waals surface area contributed by atoms with Crippen molar-refractivity contribution in [1.29, 1.82) is 0 Å². The number of ether oxygens (including phenoxy) is 5. The van der Waals surface area contributed by atoms with Gasteiger partial charge in [-0.2, -0.15) is 0 Å². The SMILES string of the molecule is C#CCOCCOCCOCCOCCOCCC(=O)N[C@@H](Cc1cn(-c2ccc(C(=O)c3ccccc3)cc2)nn1)C(=O)Nc1nnc(S(N)(=O)=O)s1. The quantitative estimate of drug-likeness (QED) is 0.0364. The Morgan fingerprint density at radius 1 is 0.815 bits per heavy atom. The molecule has 18 nitrogen and oxygen atoms in total. The molecule has 0 spiro atoms. The Morgan fingerprint density at radius 3 is 2.00 bits per heavy atom. The van der Waals surface area contributed by atoms with E-state index < -0.39 is 32.2 Å². The van der Waals surface area contributed by atoms with E-state index >= 15 is 0 Å². The lowest BCUT2D eigenvalue weighted by molar-refractivity contribution is -0.127. The Bertz CT molecular complexity index is 1930. The predicted molar refractivity (Wildman–Crippen MR) is 194 cm³/mol. The molecule has 288 valence electrons. The molecular formula is C34H40N8O10S2. The lowest BCUT2D eigenvalue weighted by Crippen LogP contribution is -2.45. The maximum atomic E-state index is 13.3. The van der Waals surface area contributed by atoms with Crippen molar-refractivity contribution in [3.05, 3.63) is 77.6 Å². The summed E-state index contributed by atoms with van der Waals surface area (Å²) in [4.78, 5) is 38.9. The summed E-state index contributed by atoms with van der Waals surface area (Å²) in [7, 11) is -4.14. The molecule has 0 aliphatic heterocycles. The van der Waals surface area contributed by atoms with E-state index in [4.69, 9.17) is 35.2 Å². The number of benzene rings is 2. The monoisotopic (exact) mass is 784 g/mol. The van der Waals surface area contributed by atoms with Crippen LogP contribution in [0.5, 0.6) is 0 Å². The van der Waals surface area contributed by atoms with Gasteiger partial charge in [-0.1, -0.05) is 52.8 Å². The van der Waals surface area contributed by atoms with Crippen LogP contribution < -0.4 is 15.8 Å². The van der Waals surface area contributed by atoms with Crippen molar-refractivity contribution in [2.45, 2.75) is 23.2 Å². The predicted octanol–water partition coefficient (Wildman–Crippen LogP) is 0.770. The van der Waals surface area contributed by atoms with E-state index in [1.54, 1.807) is 54.7 Å². The number of anilines is 1. The summed E-state index contributed by atoms with van der Waals surface area (Å²) in [5, 5.41) is 25.5. The fourth-order valence-corrected chi connectivity index (χ4v) is 5.80. The number of ketones is 1. The maximum absolute atomic E-state index is 13.3. The van der Waals surface area contributed by atoms with Crippen LogP contribution in [0.3, 0.4) is 0 Å². The van der Waals surface area contributed by atoms with Crippen molar-refractivity contribution >= 4 is 44.1 Å². The van der Waals surface area contributed by atoms with Crippen molar-refractivity contribution in [1.82, 2.24) is 30.5 Å². The molecule has 4 rings (SSSR count). The maximum Gasteiger partial charge on any atom is 0.267 e. The number of primary sulfonamides is 1. The van der Waals surface area contributed by atoms with Gasteiger partial charge < -0.3 is 29.0 Å². The van der Waals surface area contributed by atoms with Gasteiger partial charge in [-0.05, 0) is 24.3 Å². The van der Waals surface area contributed by atoms with Crippen molar-refractivity contribution in [2.75, 3.05) is 71.4 Å². The largest absolute Gasteiger partial charge is 0.379 e. The van der Waals surface area contributed by atoms with Crippen molar-refractivity contribution in [2.24, 2.45) is 5.14 Å². The number of carbonyl (C=O) groups is 3. The average molecular weight is 785 g/mol. The van der Waals surface area contributed by atoms with Gasteiger partial charge in [0.2, 0.25) is 21.3 Å². The molecule has 0 saturated heterocycles. The number of rotatable bonds is 25. The highest BCUT2D eigenvalue weighted by atomic mass is 32.2. The van der Waals surface area contributed by atoms with Crippen LogP contribution in [0.4, 0.5) is 5.13 Å². The minimum atomic E-state index is -4.14. The summed E-state index contributed by atoms with van der Waals surface area (Å²) in [5.74, 6) is 1.03. The third kappa shape index (κ3) is 14.4. The highest BCUT2D eigenvalue weighted by Gasteiger charge is 2.25. The van der Waals surface area contributed by atoms with Gasteiger partial charge in [0, 0.05) is 24.0 Å². The van der Waals surface area contributed by atoms with Gasteiger partial charge in [0.05, 0.1) is 77.0 Å². The van der Waals surface area contributed by atoms with E-state index in [9.17, 15) is 22.8 Å². The second-order valence-corrected chi connectivity index (χ2v) is 13.8. The smallest absolute Gasteiger partial charge is 0.267 e. The van der Waals surface area contributed by atoms with Gasteiger partial charge >= 0.3 is 0 Å². The van der Waals surface area contributed by atoms with Crippen molar-refractivity contribution in [3.63, 3.8) is 0 Å². The molecule has 0 fully saturated rings. The van der Waals surface area contributed by atoms with Crippen LogP contribution in [0.25, 0.3) is 5.69 Å². The molecule has 20 heteroatoms. The number of sulfonamides is 1. The lowest BCUT2D eigenvalue weighted by Gasteiger charge is -2.16. The van der Waals surface area contributed by atoms with E-state index in [0.717, 1.165) is 0 Å². The molecule has 2 heterocycles. The standard InChI is InChI=1S/C34H40N8O10S2/c1-2-13-48-15-17-50-19-21-52-22-20-51-18-16-49-14-12-30(43)36-29(32(45)37-33-39-40-34(53-33)54(35,46)47)23-27-24-42(41-38-27)28-10-8-26(9-11-28)31(44)25-6-4-3-5-7-25/h1,3-11,24,29H,12-23H2,(H,36,43)(H2,35,46,47)(H,37,39,45)/t29-/m0/s1. The summed E-state index contributed by atoms with van der Waals surface area (Å²) in [5.41, 5.74) is 2.00. The van der Waals surface area contributed by atoms with E-state index in [-0.39, 0.29) is 50.2 Å². The number of hydrogen-bond acceptors (Lipinski definition) is 15. The first kappa shape index (κ1) is 41.8. The first-order valence-electron chi connectivity index (χ1n) is 16.5. The van der Waals surface area contributed by atoms with Crippen LogP contribution in [0.1, 0.15) is 28.0 Å². The topological polar surface area (TPSA) is 238 Å². The number of hydrogen-bond donors (Lipinski definition) is 3. The zero-order chi connectivity index (χ0) is 38.6. The number of aromatic nitrogens is 5. The zero-order valence-electron chi connectivity index (χ0n) is 29.1. The normalized spacial score (nSPS) is 11.9. The first-order chi connectivity index (χ1) is 26.1. The summed E-state index contributed by atoms with van der Waals surface area (Å²) in [6.45, 7) is 3.22. The molecule has 54 heavy (non-hydrogen) atoms. The molecule has 0 bridgehead atoms. The number of terminal acetylenes is 1. The Morgan fingerprint density at radius 2 is 1.41 bits per heavy atom. The fourth-order valence-electron chi connectivity index (χ4n) is 4.47. The highest BCUT2D eigenvalue weighted by molar-refractivity contribution is 7.91. The van der Waals surface area contributed by atoms with Gasteiger partial charge in [0.15, 0.2) is 5.78 Å². The molecule has 2 aromatic carbocycles.